The number of benzene rings is 1. The number of esters is 1. The van der Waals surface area contributed by atoms with Crippen LogP contribution in [0.4, 0.5) is 0 Å². The summed E-state index contributed by atoms with van der Waals surface area (Å²) in [4.78, 5) is 36.6. The molecule has 2 rings (SSSR count). The van der Waals surface area contributed by atoms with Gasteiger partial charge in [-0.1, -0.05) is 63.1 Å². The highest BCUT2D eigenvalue weighted by Gasteiger charge is 2.22. The van der Waals surface area contributed by atoms with Crippen LogP contribution in [0.3, 0.4) is 0 Å². The zero-order valence-electron chi connectivity index (χ0n) is 21.1. The Bertz CT molecular complexity index is 1100. The molecule has 0 aliphatic carbocycles. The van der Waals surface area contributed by atoms with Gasteiger partial charge in [-0.25, -0.2) is 4.79 Å². The smallest absolute Gasteiger partial charge is 0.351 e. The molecule has 0 aliphatic rings. The third kappa shape index (κ3) is 8.71. The van der Waals surface area contributed by atoms with Crippen LogP contribution in [-0.4, -0.2) is 24.0 Å². The van der Waals surface area contributed by atoms with E-state index in [1.807, 2.05) is 37.3 Å². The molecule has 0 saturated heterocycles. The quantitative estimate of drug-likeness (QED) is 0.118. The second-order valence-corrected chi connectivity index (χ2v) is 8.78. The van der Waals surface area contributed by atoms with Crippen molar-refractivity contribution in [3.8, 4) is 5.75 Å². The Hall–Kier alpha value is -3.41. The molecule has 6 nitrogen and oxygen atoms in total. The summed E-state index contributed by atoms with van der Waals surface area (Å²) >= 11 is 0. The van der Waals surface area contributed by atoms with Crippen molar-refractivity contribution < 1.29 is 23.8 Å². The molecule has 1 aromatic heterocycles. The van der Waals surface area contributed by atoms with E-state index in [0.717, 1.165) is 18.4 Å². The standard InChI is InChI=1S/C29H36O6/c1-5-6-8-12-22-14-16-23(17-15-22)18-21(3)28(32)27-24(30)19-25(35-29(27)33)20(2)11-9-7-10-13-26(31)34-4/h7,10,14-20,30H,5-6,8-9,11-13H2,1-4H3. The van der Waals surface area contributed by atoms with Crippen LogP contribution in [-0.2, 0) is 16.0 Å². The molecule has 0 amide bonds. The number of ketones is 1. The topological polar surface area (TPSA) is 93.8 Å². The Balaban J connectivity index is 2.07. The highest BCUT2D eigenvalue weighted by atomic mass is 16.5. The Morgan fingerprint density at radius 1 is 1.14 bits per heavy atom. The van der Waals surface area contributed by atoms with Crippen LogP contribution in [0.1, 0.15) is 92.5 Å². The molecule has 188 valence electrons. The maximum Gasteiger partial charge on any atom is 0.351 e. The number of methoxy groups -OCH3 is 1. The molecule has 6 heteroatoms. The highest BCUT2D eigenvalue weighted by molar-refractivity contribution is 6.12. The molecule has 0 spiro atoms. The van der Waals surface area contributed by atoms with E-state index >= 15 is 0 Å². The molecule has 0 aliphatic heterocycles. The number of hydrogen-bond acceptors (Lipinski definition) is 6. The van der Waals surface area contributed by atoms with Gasteiger partial charge in [0.25, 0.3) is 0 Å². The van der Waals surface area contributed by atoms with Crippen molar-refractivity contribution in [3.63, 3.8) is 0 Å². The Morgan fingerprint density at radius 2 is 1.86 bits per heavy atom. The van der Waals surface area contributed by atoms with Gasteiger partial charge in [0.05, 0.1) is 13.5 Å². The number of unbranched alkanes of at least 4 members (excludes halogenated alkanes) is 2. The number of carbonyl (C=O) groups is 2. The minimum Gasteiger partial charge on any atom is -0.507 e. The first-order chi connectivity index (χ1) is 16.8. The zero-order valence-corrected chi connectivity index (χ0v) is 21.1. The number of aryl methyl sites for hydroxylation is 1. The lowest BCUT2D eigenvalue weighted by Gasteiger charge is -2.11. The molecule has 0 saturated carbocycles. The Kier molecular flexibility index (Phi) is 11.2. The molecule has 1 aromatic carbocycles. The molecule has 0 bridgehead atoms. The van der Waals surface area contributed by atoms with Crippen LogP contribution in [0.15, 0.2) is 57.3 Å². The van der Waals surface area contributed by atoms with Crippen molar-refractivity contribution in [2.24, 2.45) is 0 Å². The normalized spacial score (nSPS) is 12.6. The van der Waals surface area contributed by atoms with Crippen LogP contribution in [0.25, 0.3) is 6.08 Å². The van der Waals surface area contributed by atoms with E-state index in [9.17, 15) is 19.5 Å². The molecular formula is C29H36O6. The number of rotatable bonds is 13. The fraction of sp³-hybridized carbons (Fsp3) is 0.414. The van der Waals surface area contributed by atoms with Gasteiger partial charge in [-0.3, -0.25) is 9.59 Å². The summed E-state index contributed by atoms with van der Waals surface area (Å²) in [6.45, 7) is 5.66. The van der Waals surface area contributed by atoms with Crippen LogP contribution in [0.5, 0.6) is 5.75 Å². The Labute approximate surface area is 207 Å². The first-order valence-electron chi connectivity index (χ1n) is 12.2. The fourth-order valence-corrected chi connectivity index (χ4v) is 3.69. The highest BCUT2D eigenvalue weighted by Crippen LogP contribution is 2.26. The lowest BCUT2D eigenvalue weighted by atomic mass is 9.99. The first kappa shape index (κ1) is 27.8. The zero-order chi connectivity index (χ0) is 25.8. The Morgan fingerprint density at radius 3 is 2.49 bits per heavy atom. The van der Waals surface area contributed by atoms with E-state index in [1.54, 1.807) is 19.1 Å². The molecule has 1 unspecified atom stereocenters. The van der Waals surface area contributed by atoms with Crippen molar-refractivity contribution in [1.82, 2.24) is 0 Å². The monoisotopic (exact) mass is 480 g/mol. The molecule has 1 heterocycles. The maximum absolute atomic E-state index is 12.9. The van der Waals surface area contributed by atoms with Crippen molar-refractivity contribution in [2.45, 2.75) is 71.6 Å². The van der Waals surface area contributed by atoms with Gasteiger partial charge in [0.1, 0.15) is 17.1 Å². The number of aromatic hydroxyl groups is 1. The van der Waals surface area contributed by atoms with Gasteiger partial charge in [0, 0.05) is 12.0 Å². The second-order valence-electron chi connectivity index (χ2n) is 8.78. The van der Waals surface area contributed by atoms with Crippen molar-refractivity contribution in [2.75, 3.05) is 7.11 Å². The SMILES string of the molecule is CCCCCc1ccc(C=C(C)C(=O)c2c(O)cc(C(C)CCC=CCC(=O)OC)oc2=O)cc1. The van der Waals surface area contributed by atoms with E-state index in [-0.39, 0.29) is 29.6 Å². The van der Waals surface area contributed by atoms with Gasteiger partial charge in [-0.15, -0.1) is 0 Å². The summed E-state index contributed by atoms with van der Waals surface area (Å²) in [6.07, 6.45) is 11.3. The molecular weight excluding hydrogens is 444 g/mol. The number of allylic oxidation sites excluding steroid dienone is 2. The number of ether oxygens (including phenoxy) is 1. The summed E-state index contributed by atoms with van der Waals surface area (Å²) in [5.41, 5.74) is 1.23. The number of carbonyl (C=O) groups excluding carboxylic acids is 2. The van der Waals surface area contributed by atoms with E-state index in [2.05, 4.69) is 11.7 Å². The third-order valence-electron chi connectivity index (χ3n) is 5.90. The number of hydrogen-bond donors (Lipinski definition) is 1. The summed E-state index contributed by atoms with van der Waals surface area (Å²) < 4.78 is 9.96. The van der Waals surface area contributed by atoms with E-state index in [1.165, 1.54) is 31.6 Å². The molecule has 1 N–H and O–H groups in total. The van der Waals surface area contributed by atoms with Gasteiger partial charge in [-0.05, 0) is 55.4 Å². The van der Waals surface area contributed by atoms with Gasteiger partial charge in [0.15, 0.2) is 5.78 Å². The summed E-state index contributed by atoms with van der Waals surface area (Å²) in [5, 5.41) is 10.5. The van der Waals surface area contributed by atoms with E-state index in [0.29, 0.717) is 24.2 Å². The fourth-order valence-electron chi connectivity index (χ4n) is 3.69. The molecule has 2 aromatic rings. The van der Waals surface area contributed by atoms with Gasteiger partial charge in [-0.2, -0.15) is 0 Å². The molecule has 0 fully saturated rings. The van der Waals surface area contributed by atoms with Gasteiger partial charge < -0.3 is 14.3 Å². The molecule has 35 heavy (non-hydrogen) atoms. The van der Waals surface area contributed by atoms with Crippen molar-refractivity contribution in [3.05, 3.63) is 80.9 Å². The second kappa shape index (κ2) is 14.1. The predicted octanol–water partition coefficient (Wildman–Crippen LogP) is 6.37. The van der Waals surface area contributed by atoms with Crippen molar-refractivity contribution >= 4 is 17.8 Å². The average Bonchev–Trinajstić information content (AvgIpc) is 2.84. The minimum atomic E-state index is -0.850. The van der Waals surface area contributed by atoms with Gasteiger partial charge >= 0.3 is 11.6 Å². The van der Waals surface area contributed by atoms with Crippen LogP contribution < -0.4 is 5.63 Å². The van der Waals surface area contributed by atoms with Crippen LogP contribution in [0, 0.1) is 0 Å². The van der Waals surface area contributed by atoms with Gasteiger partial charge in [0.2, 0.25) is 0 Å². The van der Waals surface area contributed by atoms with Crippen LogP contribution in [0.2, 0.25) is 0 Å². The first-order valence-corrected chi connectivity index (χ1v) is 12.2. The predicted molar refractivity (Wildman–Crippen MR) is 138 cm³/mol. The maximum atomic E-state index is 12.9. The van der Waals surface area contributed by atoms with E-state index in [4.69, 9.17) is 4.42 Å². The van der Waals surface area contributed by atoms with Crippen LogP contribution >= 0.6 is 0 Å². The van der Waals surface area contributed by atoms with E-state index < -0.39 is 11.4 Å². The average molecular weight is 481 g/mol. The third-order valence-corrected chi connectivity index (χ3v) is 5.90. The molecule has 1 atom stereocenters. The summed E-state index contributed by atoms with van der Waals surface area (Å²) in [7, 11) is 1.34. The lowest BCUT2D eigenvalue weighted by molar-refractivity contribution is -0.139. The lowest BCUT2D eigenvalue weighted by Crippen LogP contribution is -2.16. The largest absolute Gasteiger partial charge is 0.507 e. The number of Topliss-reactive ketones (excluding diaryl/α,β-unsaturated/α-hetero) is 1. The summed E-state index contributed by atoms with van der Waals surface area (Å²) in [6, 6.07) is 9.34. The summed E-state index contributed by atoms with van der Waals surface area (Å²) in [5.74, 6) is -1.10. The van der Waals surface area contributed by atoms with Crippen molar-refractivity contribution in [1.29, 1.82) is 0 Å². The molecule has 0 radical (unpaired) electrons. The minimum absolute atomic E-state index is 0.159.